The van der Waals surface area contributed by atoms with E-state index in [0.29, 0.717) is 12.0 Å². The molecule has 1 aromatic rings. The van der Waals surface area contributed by atoms with E-state index in [9.17, 15) is 0 Å². The lowest BCUT2D eigenvalue weighted by Crippen LogP contribution is -2.36. The van der Waals surface area contributed by atoms with Gasteiger partial charge < -0.3 is 0 Å². The van der Waals surface area contributed by atoms with Crippen molar-refractivity contribution in [1.29, 1.82) is 0 Å². The van der Waals surface area contributed by atoms with Crippen LogP contribution in [0.3, 0.4) is 0 Å². The molecule has 1 aliphatic heterocycles. The summed E-state index contributed by atoms with van der Waals surface area (Å²) in [5.41, 5.74) is 4.29. The Morgan fingerprint density at radius 2 is 2.00 bits per heavy atom. The average Bonchev–Trinajstić information content (AvgIpc) is 2.27. The second-order valence-corrected chi connectivity index (χ2v) is 5.30. The lowest BCUT2D eigenvalue weighted by Gasteiger charge is -2.33. The highest BCUT2D eigenvalue weighted by molar-refractivity contribution is 5.33. The van der Waals surface area contributed by atoms with Crippen molar-refractivity contribution in [2.75, 3.05) is 6.54 Å². The van der Waals surface area contributed by atoms with E-state index < -0.39 is 0 Å². The molecule has 2 heterocycles. The molecule has 88 valence electrons. The first-order valence-corrected chi connectivity index (χ1v) is 6.30. The molecule has 2 rings (SSSR count). The first-order chi connectivity index (χ1) is 7.59. The van der Waals surface area contributed by atoms with Crippen molar-refractivity contribution in [3.05, 3.63) is 29.1 Å². The zero-order valence-corrected chi connectivity index (χ0v) is 10.8. The van der Waals surface area contributed by atoms with E-state index in [1.807, 2.05) is 6.20 Å². The molecule has 0 bridgehead atoms. The molecule has 2 nitrogen and oxygen atoms in total. The van der Waals surface area contributed by atoms with Gasteiger partial charge in [-0.25, -0.2) is 0 Å². The minimum atomic E-state index is 0.530. The van der Waals surface area contributed by atoms with Crippen LogP contribution < -0.4 is 0 Å². The summed E-state index contributed by atoms with van der Waals surface area (Å²) in [5, 5.41) is 0. The zero-order valence-electron chi connectivity index (χ0n) is 10.8. The third kappa shape index (κ3) is 2.12. The van der Waals surface area contributed by atoms with Gasteiger partial charge in [-0.2, -0.15) is 0 Å². The molecule has 0 saturated heterocycles. The van der Waals surface area contributed by atoms with Gasteiger partial charge in [0.05, 0.1) is 0 Å². The minimum Gasteiger partial charge on any atom is -0.296 e. The summed E-state index contributed by atoms with van der Waals surface area (Å²) in [7, 11) is 0. The van der Waals surface area contributed by atoms with Crippen molar-refractivity contribution in [2.45, 2.75) is 52.6 Å². The Kier molecular flexibility index (Phi) is 3.29. The van der Waals surface area contributed by atoms with E-state index in [4.69, 9.17) is 0 Å². The highest BCUT2D eigenvalue weighted by Gasteiger charge is 2.22. The Morgan fingerprint density at radius 1 is 1.25 bits per heavy atom. The quantitative estimate of drug-likeness (QED) is 0.758. The molecule has 0 fully saturated rings. The fraction of sp³-hybridized carbons (Fsp3) is 0.643. The summed E-state index contributed by atoms with van der Waals surface area (Å²) >= 11 is 0. The number of hydrogen-bond acceptors (Lipinski definition) is 2. The lowest BCUT2D eigenvalue weighted by molar-refractivity contribution is 0.202. The third-order valence-corrected chi connectivity index (χ3v) is 3.49. The Labute approximate surface area is 98.7 Å². The molecular formula is C14H22N2. The van der Waals surface area contributed by atoms with Crippen molar-refractivity contribution in [3.63, 3.8) is 0 Å². The Morgan fingerprint density at radius 3 is 2.62 bits per heavy atom. The largest absolute Gasteiger partial charge is 0.296 e. The Balaban J connectivity index is 2.34. The summed E-state index contributed by atoms with van der Waals surface area (Å²) in [5.74, 6) is 0.530. The molecule has 0 amide bonds. The summed E-state index contributed by atoms with van der Waals surface area (Å²) in [6, 6.07) is 2.83. The number of rotatable bonds is 2. The van der Waals surface area contributed by atoms with Gasteiger partial charge in [0.25, 0.3) is 0 Å². The van der Waals surface area contributed by atoms with Gasteiger partial charge in [-0.15, -0.1) is 0 Å². The molecule has 0 saturated carbocycles. The molecule has 2 heteroatoms. The smallest absolute Gasteiger partial charge is 0.0476 e. The first-order valence-electron chi connectivity index (χ1n) is 6.30. The third-order valence-electron chi connectivity index (χ3n) is 3.49. The van der Waals surface area contributed by atoms with Gasteiger partial charge in [-0.3, -0.25) is 9.88 Å². The number of hydrogen-bond donors (Lipinski definition) is 0. The van der Waals surface area contributed by atoms with E-state index in [-0.39, 0.29) is 0 Å². The van der Waals surface area contributed by atoms with Gasteiger partial charge in [0, 0.05) is 31.0 Å². The van der Waals surface area contributed by atoms with Crippen molar-refractivity contribution < 1.29 is 0 Å². The van der Waals surface area contributed by atoms with Crippen LogP contribution >= 0.6 is 0 Å². The number of fused-ring (bicyclic) bond motifs is 1. The Hall–Kier alpha value is -0.890. The highest BCUT2D eigenvalue weighted by Crippen LogP contribution is 2.26. The van der Waals surface area contributed by atoms with Gasteiger partial charge in [0.15, 0.2) is 0 Å². The van der Waals surface area contributed by atoms with Crippen molar-refractivity contribution in [1.82, 2.24) is 9.88 Å². The van der Waals surface area contributed by atoms with E-state index in [1.165, 1.54) is 29.8 Å². The van der Waals surface area contributed by atoms with Crippen LogP contribution in [0.25, 0.3) is 0 Å². The summed E-state index contributed by atoms with van der Waals surface area (Å²) in [6.45, 7) is 11.3. The maximum absolute atomic E-state index is 4.56. The van der Waals surface area contributed by atoms with Gasteiger partial charge in [-0.05, 0) is 43.4 Å². The van der Waals surface area contributed by atoms with Crippen LogP contribution in [0.2, 0.25) is 0 Å². The summed E-state index contributed by atoms with van der Waals surface area (Å²) in [4.78, 5) is 7.10. The van der Waals surface area contributed by atoms with E-state index in [1.54, 1.807) is 0 Å². The van der Waals surface area contributed by atoms with Crippen molar-refractivity contribution >= 4 is 0 Å². The normalized spacial score (nSPS) is 16.9. The Bertz CT molecular complexity index is 369. The van der Waals surface area contributed by atoms with Crippen LogP contribution in [-0.4, -0.2) is 22.5 Å². The molecular weight excluding hydrogens is 196 g/mol. The van der Waals surface area contributed by atoms with Crippen molar-refractivity contribution in [3.8, 4) is 0 Å². The SMILES string of the molecule is CC(C)c1nccc2c1CN(C(C)C)CC2. The number of aromatic nitrogens is 1. The van der Waals surface area contributed by atoms with Gasteiger partial charge >= 0.3 is 0 Å². The standard InChI is InChI=1S/C14H22N2/c1-10(2)14-13-9-16(11(3)4)8-6-12(13)5-7-15-14/h5,7,10-11H,6,8-9H2,1-4H3. The highest BCUT2D eigenvalue weighted by atomic mass is 15.1. The van der Waals surface area contributed by atoms with Crippen LogP contribution in [0.4, 0.5) is 0 Å². The van der Waals surface area contributed by atoms with Gasteiger partial charge in [0.1, 0.15) is 0 Å². The molecule has 0 radical (unpaired) electrons. The lowest BCUT2D eigenvalue weighted by atomic mass is 9.93. The molecule has 0 N–H and O–H groups in total. The number of pyridine rings is 1. The molecule has 1 aromatic heterocycles. The second-order valence-electron chi connectivity index (χ2n) is 5.30. The van der Waals surface area contributed by atoms with E-state index in [0.717, 1.165) is 6.54 Å². The summed E-state index contributed by atoms with van der Waals surface area (Å²) in [6.07, 6.45) is 3.15. The minimum absolute atomic E-state index is 0.530. The fourth-order valence-corrected chi connectivity index (χ4v) is 2.45. The van der Waals surface area contributed by atoms with Crippen LogP contribution in [0.1, 0.15) is 50.4 Å². The first kappa shape index (κ1) is 11.6. The van der Waals surface area contributed by atoms with Crippen LogP contribution in [-0.2, 0) is 13.0 Å². The van der Waals surface area contributed by atoms with E-state index in [2.05, 4.69) is 43.6 Å². The average molecular weight is 218 g/mol. The molecule has 0 aliphatic carbocycles. The molecule has 16 heavy (non-hydrogen) atoms. The van der Waals surface area contributed by atoms with Gasteiger partial charge in [0.2, 0.25) is 0 Å². The molecule has 0 spiro atoms. The second kappa shape index (κ2) is 4.54. The van der Waals surface area contributed by atoms with E-state index >= 15 is 0 Å². The predicted molar refractivity (Wildman–Crippen MR) is 67.6 cm³/mol. The van der Waals surface area contributed by atoms with Crippen LogP contribution in [0, 0.1) is 0 Å². The molecule has 1 aliphatic rings. The fourth-order valence-electron chi connectivity index (χ4n) is 2.45. The molecule has 0 unspecified atom stereocenters. The zero-order chi connectivity index (χ0) is 11.7. The topological polar surface area (TPSA) is 16.1 Å². The summed E-state index contributed by atoms with van der Waals surface area (Å²) < 4.78 is 0. The van der Waals surface area contributed by atoms with Crippen molar-refractivity contribution in [2.24, 2.45) is 0 Å². The van der Waals surface area contributed by atoms with Crippen LogP contribution in [0.15, 0.2) is 12.3 Å². The maximum atomic E-state index is 4.56. The molecule has 0 aromatic carbocycles. The molecule has 0 atom stereocenters. The monoisotopic (exact) mass is 218 g/mol. The van der Waals surface area contributed by atoms with Gasteiger partial charge in [-0.1, -0.05) is 13.8 Å². The predicted octanol–water partition coefficient (Wildman–Crippen LogP) is 2.97. The van der Waals surface area contributed by atoms with Crippen LogP contribution in [0.5, 0.6) is 0 Å². The number of nitrogens with zero attached hydrogens (tertiary/aromatic N) is 2. The maximum Gasteiger partial charge on any atom is 0.0476 e.